The third-order valence-corrected chi connectivity index (χ3v) is 2.96. The normalized spacial score (nSPS) is 14.8. The Bertz CT molecular complexity index is 411. The summed E-state index contributed by atoms with van der Waals surface area (Å²) in [4.78, 5) is 10.9. The molecule has 0 aliphatic heterocycles. The van der Waals surface area contributed by atoms with Gasteiger partial charge in [-0.3, -0.25) is 10.5 Å². The lowest BCUT2D eigenvalue weighted by Gasteiger charge is -2.29. The molecule has 0 aliphatic carbocycles. The second kappa shape index (κ2) is 7.41. The van der Waals surface area contributed by atoms with Crippen LogP contribution >= 0.6 is 0 Å². The Hall–Kier alpha value is -1.39. The fourth-order valence-electron chi connectivity index (χ4n) is 2.04. The number of nitrogens with one attached hydrogen (secondary N) is 1. The maximum atomic E-state index is 10.9. The third-order valence-electron chi connectivity index (χ3n) is 2.96. The molecular weight excluding hydrogens is 254 g/mol. The van der Waals surface area contributed by atoms with E-state index in [1.54, 1.807) is 0 Å². The summed E-state index contributed by atoms with van der Waals surface area (Å²) >= 11 is 0. The summed E-state index contributed by atoms with van der Waals surface area (Å²) in [5.74, 6) is -0.794. The summed E-state index contributed by atoms with van der Waals surface area (Å²) < 4.78 is 5.59. The summed E-state index contributed by atoms with van der Waals surface area (Å²) in [5.41, 5.74) is 7.65. The molecule has 0 saturated heterocycles. The number of ether oxygens (including phenoxy) is 1. The highest BCUT2D eigenvalue weighted by Gasteiger charge is 2.25. The van der Waals surface area contributed by atoms with Gasteiger partial charge in [-0.05, 0) is 39.2 Å². The molecule has 1 radical (unpaired) electrons. The monoisotopic (exact) mass is 278 g/mol. The molecule has 0 aromatic heterocycles. The molecule has 20 heavy (non-hydrogen) atoms. The molecule has 1 amide bonds. The van der Waals surface area contributed by atoms with Gasteiger partial charge in [0.25, 0.3) is 0 Å². The van der Waals surface area contributed by atoms with E-state index in [0.29, 0.717) is 12.8 Å². The number of amides is 1. The number of carbonyl (C=O) groups excluding carboxylic acids is 1. The number of hydrogen-bond acceptors (Lipinski definition) is 3. The summed E-state index contributed by atoms with van der Waals surface area (Å²) in [7, 11) is 0. The van der Waals surface area contributed by atoms with Crippen molar-refractivity contribution in [2.45, 2.75) is 51.9 Å². The molecule has 1 aromatic rings. The van der Waals surface area contributed by atoms with Gasteiger partial charge in [0.15, 0.2) is 6.29 Å². The van der Waals surface area contributed by atoms with Crippen molar-refractivity contribution in [3.8, 4) is 0 Å². The van der Waals surface area contributed by atoms with E-state index < -0.39 is 17.8 Å². The summed E-state index contributed by atoms with van der Waals surface area (Å²) in [6.07, 6.45) is 0.289. The molecule has 0 aliphatic rings. The highest BCUT2D eigenvalue weighted by Crippen LogP contribution is 2.22. The van der Waals surface area contributed by atoms with Crippen molar-refractivity contribution in [3.63, 3.8) is 0 Å². The molecular formula is C16H24NO3. The lowest BCUT2D eigenvalue weighted by molar-refractivity contribution is -0.192. The van der Waals surface area contributed by atoms with Crippen LogP contribution in [0.25, 0.3) is 0 Å². The van der Waals surface area contributed by atoms with Crippen molar-refractivity contribution in [3.05, 3.63) is 35.9 Å². The van der Waals surface area contributed by atoms with Gasteiger partial charge >= 0.3 is 0 Å². The molecule has 111 valence electrons. The van der Waals surface area contributed by atoms with E-state index in [0.717, 1.165) is 5.56 Å². The molecule has 0 spiro atoms. The zero-order valence-corrected chi connectivity index (χ0v) is 12.4. The van der Waals surface area contributed by atoms with Crippen molar-refractivity contribution >= 4 is 5.91 Å². The first kappa shape index (κ1) is 16.7. The quantitative estimate of drug-likeness (QED) is 0.779. The van der Waals surface area contributed by atoms with Crippen LogP contribution in [0.15, 0.2) is 30.3 Å². The Morgan fingerprint density at radius 2 is 1.90 bits per heavy atom. The van der Waals surface area contributed by atoms with E-state index >= 15 is 0 Å². The second-order valence-corrected chi connectivity index (χ2v) is 6.03. The minimum absolute atomic E-state index is 0.141. The van der Waals surface area contributed by atoms with Gasteiger partial charge in [0.1, 0.15) is 0 Å². The van der Waals surface area contributed by atoms with Crippen LogP contribution in [-0.2, 0) is 16.0 Å². The lowest BCUT2D eigenvalue weighted by atomic mass is 9.93. The fraction of sp³-hybridized carbons (Fsp3) is 0.562. The van der Waals surface area contributed by atoms with Crippen molar-refractivity contribution in [2.75, 3.05) is 0 Å². The van der Waals surface area contributed by atoms with Crippen LogP contribution in [0.4, 0.5) is 0 Å². The maximum absolute atomic E-state index is 10.9. The first-order valence-electron chi connectivity index (χ1n) is 6.92. The van der Waals surface area contributed by atoms with Crippen molar-refractivity contribution < 1.29 is 14.6 Å². The van der Waals surface area contributed by atoms with Crippen LogP contribution in [-0.4, -0.2) is 22.9 Å². The maximum Gasteiger partial charge on any atom is 0.238 e. The number of aliphatic hydroxyl groups is 1. The minimum Gasteiger partial charge on any atom is -0.368 e. The van der Waals surface area contributed by atoms with Crippen LogP contribution in [0.5, 0.6) is 0 Å². The van der Waals surface area contributed by atoms with Crippen LogP contribution < -0.4 is 5.73 Å². The number of hydrogen-bond donors (Lipinski definition) is 1. The van der Waals surface area contributed by atoms with E-state index in [2.05, 4.69) is 0 Å². The smallest absolute Gasteiger partial charge is 0.238 e. The van der Waals surface area contributed by atoms with Crippen molar-refractivity contribution in [1.29, 1.82) is 0 Å². The molecule has 2 unspecified atom stereocenters. The predicted molar refractivity (Wildman–Crippen MR) is 77.8 cm³/mol. The van der Waals surface area contributed by atoms with Crippen LogP contribution in [0.3, 0.4) is 0 Å². The second-order valence-electron chi connectivity index (χ2n) is 6.03. The molecule has 1 aromatic carbocycles. The van der Waals surface area contributed by atoms with Gasteiger partial charge in [-0.1, -0.05) is 30.3 Å². The standard InChI is InChI=1S/C16H24NO3/c1-16(2,3)20-15(19)13(9-10-14(17)18)11-12-7-5-4-6-8-12/h4-8,13,15,17,19H,9-11H2,1-3H3. The van der Waals surface area contributed by atoms with Gasteiger partial charge < -0.3 is 9.84 Å². The summed E-state index contributed by atoms with van der Waals surface area (Å²) in [5, 5.41) is 10.2. The van der Waals surface area contributed by atoms with Crippen LogP contribution in [0, 0.1) is 5.92 Å². The summed E-state index contributed by atoms with van der Waals surface area (Å²) in [6.45, 7) is 5.64. The Labute approximate surface area is 120 Å². The SMILES string of the molecule is CC(C)(C)OC(O)C(CCC([NH])=O)Cc1ccccc1. The zero-order chi connectivity index (χ0) is 15.2. The zero-order valence-electron chi connectivity index (χ0n) is 12.4. The third kappa shape index (κ3) is 6.68. The van der Waals surface area contributed by atoms with Crippen LogP contribution in [0.2, 0.25) is 0 Å². The molecule has 1 rings (SSSR count). The summed E-state index contributed by atoms with van der Waals surface area (Å²) in [6, 6.07) is 9.80. The van der Waals surface area contributed by atoms with Crippen LogP contribution in [0.1, 0.15) is 39.2 Å². The first-order chi connectivity index (χ1) is 9.28. The largest absolute Gasteiger partial charge is 0.368 e. The molecule has 0 bridgehead atoms. The Morgan fingerprint density at radius 1 is 1.30 bits per heavy atom. The molecule has 4 nitrogen and oxygen atoms in total. The van der Waals surface area contributed by atoms with Crippen molar-refractivity contribution in [2.24, 2.45) is 5.92 Å². The molecule has 4 heteroatoms. The van der Waals surface area contributed by atoms with Gasteiger partial charge in [0, 0.05) is 12.3 Å². The molecule has 2 N–H and O–H groups in total. The van der Waals surface area contributed by atoms with E-state index in [9.17, 15) is 9.90 Å². The highest BCUT2D eigenvalue weighted by molar-refractivity contribution is 5.72. The molecule has 0 fully saturated rings. The Kier molecular flexibility index (Phi) is 6.17. The lowest BCUT2D eigenvalue weighted by Crippen LogP contribution is -2.34. The van der Waals surface area contributed by atoms with E-state index in [4.69, 9.17) is 10.5 Å². The minimum atomic E-state index is -0.936. The molecule has 0 saturated carbocycles. The van der Waals surface area contributed by atoms with E-state index in [1.807, 2.05) is 51.1 Å². The molecule has 2 atom stereocenters. The van der Waals surface area contributed by atoms with Gasteiger partial charge in [-0.2, -0.15) is 0 Å². The van der Waals surface area contributed by atoms with Gasteiger partial charge in [-0.15, -0.1) is 0 Å². The van der Waals surface area contributed by atoms with Gasteiger partial charge in [0.2, 0.25) is 5.91 Å². The van der Waals surface area contributed by atoms with Gasteiger partial charge in [0.05, 0.1) is 5.60 Å². The highest BCUT2D eigenvalue weighted by atomic mass is 16.6. The Morgan fingerprint density at radius 3 is 2.40 bits per heavy atom. The van der Waals surface area contributed by atoms with E-state index in [-0.39, 0.29) is 12.3 Å². The number of rotatable bonds is 7. The number of carbonyl (C=O) groups is 1. The van der Waals surface area contributed by atoms with E-state index in [1.165, 1.54) is 0 Å². The first-order valence-corrected chi connectivity index (χ1v) is 6.92. The predicted octanol–water partition coefficient (Wildman–Crippen LogP) is 2.57. The number of aliphatic hydroxyl groups excluding tert-OH is 1. The average Bonchev–Trinajstić information content (AvgIpc) is 2.33. The number of benzene rings is 1. The van der Waals surface area contributed by atoms with Gasteiger partial charge in [-0.25, -0.2) is 0 Å². The Balaban J connectivity index is 2.71. The fourth-order valence-corrected chi connectivity index (χ4v) is 2.04. The topological polar surface area (TPSA) is 70.3 Å². The van der Waals surface area contributed by atoms with Crippen molar-refractivity contribution in [1.82, 2.24) is 5.73 Å². The average molecular weight is 278 g/mol. The molecule has 0 heterocycles.